The number of rotatable bonds is 5. The molecule has 0 bridgehead atoms. The molecule has 11 nitrogen and oxygen atoms in total. The first-order valence-corrected chi connectivity index (χ1v) is 8.55. The first-order valence-electron chi connectivity index (χ1n) is 8.55. The van der Waals surface area contributed by atoms with Crippen LogP contribution in [0.4, 0.5) is 5.82 Å². The van der Waals surface area contributed by atoms with E-state index < -0.39 is 29.7 Å². The second kappa shape index (κ2) is 8.36. The number of benzene rings is 1. The van der Waals surface area contributed by atoms with Crippen LogP contribution in [0.5, 0.6) is 11.5 Å². The standard InChI is InChI=1S/C19H16N4O7/c1-22-15(7-17(25)23(2)19(22)27)21-16(24)9-28-18(26)12(8-20)5-11-3-4-13-14(6-11)30-10-29-13/h3-7H,9-10H2,1-2H3,(H,21,24). The summed E-state index contributed by atoms with van der Waals surface area (Å²) in [6, 6.07) is 7.63. The Morgan fingerprint density at radius 2 is 1.93 bits per heavy atom. The van der Waals surface area contributed by atoms with Gasteiger partial charge in [-0.2, -0.15) is 5.26 Å². The molecule has 0 aliphatic carbocycles. The predicted molar refractivity (Wildman–Crippen MR) is 103 cm³/mol. The minimum absolute atomic E-state index is 0.0550. The van der Waals surface area contributed by atoms with Crippen molar-refractivity contribution >= 4 is 23.8 Å². The Kier molecular flexibility index (Phi) is 5.68. The number of carbonyl (C=O) groups excluding carboxylic acids is 2. The summed E-state index contributed by atoms with van der Waals surface area (Å²) in [5, 5.41) is 11.5. The van der Waals surface area contributed by atoms with Crippen LogP contribution in [0.3, 0.4) is 0 Å². The van der Waals surface area contributed by atoms with Gasteiger partial charge in [0.25, 0.3) is 11.5 Å². The van der Waals surface area contributed by atoms with Crippen LogP contribution in [0.15, 0.2) is 39.4 Å². The summed E-state index contributed by atoms with van der Waals surface area (Å²) in [5.74, 6) is -0.820. The Morgan fingerprint density at radius 1 is 1.20 bits per heavy atom. The second-order valence-corrected chi connectivity index (χ2v) is 6.18. The Bertz CT molecular complexity index is 1220. The highest BCUT2D eigenvalue weighted by atomic mass is 16.7. The fourth-order valence-corrected chi connectivity index (χ4v) is 2.55. The number of ether oxygens (including phenoxy) is 3. The quantitative estimate of drug-likeness (QED) is 0.408. The Balaban J connectivity index is 1.65. The highest BCUT2D eigenvalue weighted by Crippen LogP contribution is 2.33. The second-order valence-electron chi connectivity index (χ2n) is 6.18. The molecule has 0 unspecified atom stereocenters. The van der Waals surface area contributed by atoms with Crippen molar-refractivity contribution < 1.29 is 23.8 Å². The molecule has 1 aromatic heterocycles. The van der Waals surface area contributed by atoms with Gasteiger partial charge in [-0.3, -0.25) is 18.7 Å². The smallest absolute Gasteiger partial charge is 0.349 e. The molecular weight excluding hydrogens is 396 g/mol. The SMILES string of the molecule is Cn1c(NC(=O)COC(=O)C(C#N)=Cc2ccc3c(c2)OCO3)cc(=O)n(C)c1=O. The number of nitriles is 1. The molecule has 1 aliphatic rings. The van der Waals surface area contributed by atoms with E-state index in [0.717, 1.165) is 15.2 Å². The van der Waals surface area contributed by atoms with E-state index in [0.29, 0.717) is 17.1 Å². The van der Waals surface area contributed by atoms with Crippen LogP contribution in [0.2, 0.25) is 0 Å². The molecule has 154 valence electrons. The number of nitrogens with zero attached hydrogens (tertiary/aromatic N) is 3. The normalized spacial score (nSPS) is 12.2. The van der Waals surface area contributed by atoms with Gasteiger partial charge in [-0.15, -0.1) is 0 Å². The Morgan fingerprint density at radius 3 is 2.67 bits per heavy atom. The van der Waals surface area contributed by atoms with E-state index in [1.165, 1.54) is 20.2 Å². The molecular formula is C19H16N4O7. The van der Waals surface area contributed by atoms with Crippen LogP contribution >= 0.6 is 0 Å². The van der Waals surface area contributed by atoms with Crippen molar-refractivity contribution in [1.29, 1.82) is 5.26 Å². The molecule has 30 heavy (non-hydrogen) atoms. The summed E-state index contributed by atoms with van der Waals surface area (Å²) >= 11 is 0. The fraction of sp³-hybridized carbons (Fsp3) is 0.211. The van der Waals surface area contributed by atoms with Gasteiger partial charge in [0.15, 0.2) is 18.1 Å². The number of esters is 1. The van der Waals surface area contributed by atoms with Gasteiger partial charge in [-0.1, -0.05) is 6.07 Å². The number of carbonyl (C=O) groups is 2. The number of fused-ring (bicyclic) bond motifs is 1. The molecule has 0 saturated carbocycles. The number of amides is 1. The van der Waals surface area contributed by atoms with Gasteiger partial charge in [0.1, 0.15) is 17.5 Å². The summed E-state index contributed by atoms with van der Waals surface area (Å²) in [7, 11) is 2.67. The van der Waals surface area contributed by atoms with Gasteiger partial charge in [0.05, 0.1) is 0 Å². The predicted octanol–water partition coefficient (Wildman–Crippen LogP) is -0.0984. The largest absolute Gasteiger partial charge is 0.454 e. The molecule has 1 aliphatic heterocycles. The topological polar surface area (TPSA) is 142 Å². The summed E-state index contributed by atoms with van der Waals surface area (Å²) in [4.78, 5) is 47.7. The summed E-state index contributed by atoms with van der Waals surface area (Å²) in [6.45, 7) is -0.633. The van der Waals surface area contributed by atoms with E-state index in [1.54, 1.807) is 24.3 Å². The van der Waals surface area contributed by atoms with E-state index in [9.17, 15) is 24.4 Å². The molecule has 0 radical (unpaired) electrons. The lowest BCUT2D eigenvalue weighted by Gasteiger charge is -2.10. The first kappa shape index (κ1) is 20.4. The van der Waals surface area contributed by atoms with Crippen molar-refractivity contribution in [1.82, 2.24) is 9.13 Å². The van der Waals surface area contributed by atoms with Crippen molar-refractivity contribution in [3.05, 3.63) is 56.2 Å². The third-order valence-electron chi connectivity index (χ3n) is 4.18. The fourth-order valence-electron chi connectivity index (χ4n) is 2.55. The average molecular weight is 412 g/mol. The van der Waals surface area contributed by atoms with Crippen LogP contribution < -0.4 is 26.0 Å². The molecule has 0 spiro atoms. The summed E-state index contributed by atoms with van der Waals surface area (Å²) < 4.78 is 17.2. The van der Waals surface area contributed by atoms with Gasteiger partial charge in [0, 0.05) is 20.2 Å². The van der Waals surface area contributed by atoms with Crippen molar-refractivity contribution in [3.63, 3.8) is 0 Å². The van der Waals surface area contributed by atoms with E-state index in [1.807, 2.05) is 0 Å². The molecule has 1 aromatic carbocycles. The number of hydrogen-bond acceptors (Lipinski definition) is 8. The van der Waals surface area contributed by atoms with Crippen molar-refractivity contribution in [3.8, 4) is 17.6 Å². The third-order valence-corrected chi connectivity index (χ3v) is 4.18. The van der Waals surface area contributed by atoms with Crippen LogP contribution in [0.25, 0.3) is 6.08 Å². The third kappa shape index (κ3) is 4.22. The van der Waals surface area contributed by atoms with Crippen molar-refractivity contribution in [2.24, 2.45) is 14.1 Å². The maximum atomic E-state index is 12.1. The highest BCUT2D eigenvalue weighted by molar-refractivity contribution is 6.00. The highest BCUT2D eigenvalue weighted by Gasteiger charge is 2.17. The molecule has 0 saturated heterocycles. The molecule has 11 heteroatoms. The number of aromatic nitrogens is 2. The van der Waals surface area contributed by atoms with Gasteiger partial charge in [-0.25, -0.2) is 9.59 Å². The molecule has 0 fully saturated rings. The number of hydrogen-bond donors (Lipinski definition) is 1. The van der Waals surface area contributed by atoms with Gasteiger partial charge in [0.2, 0.25) is 6.79 Å². The van der Waals surface area contributed by atoms with Crippen LogP contribution in [-0.4, -0.2) is 34.4 Å². The lowest BCUT2D eigenvalue weighted by atomic mass is 10.1. The minimum Gasteiger partial charge on any atom is -0.454 e. The van der Waals surface area contributed by atoms with E-state index in [2.05, 4.69) is 5.32 Å². The van der Waals surface area contributed by atoms with Crippen LogP contribution in [-0.2, 0) is 28.4 Å². The zero-order valence-corrected chi connectivity index (χ0v) is 16.0. The zero-order valence-electron chi connectivity index (χ0n) is 16.0. The Hall–Kier alpha value is -4.33. The summed E-state index contributed by atoms with van der Waals surface area (Å²) in [6.07, 6.45) is 1.28. The molecule has 1 amide bonds. The molecule has 0 atom stereocenters. The maximum absolute atomic E-state index is 12.1. The number of anilines is 1. The molecule has 1 N–H and O–H groups in total. The van der Waals surface area contributed by atoms with Crippen LogP contribution in [0, 0.1) is 11.3 Å². The van der Waals surface area contributed by atoms with Gasteiger partial charge >= 0.3 is 11.7 Å². The van der Waals surface area contributed by atoms with Gasteiger partial charge in [-0.05, 0) is 23.8 Å². The lowest BCUT2D eigenvalue weighted by Crippen LogP contribution is -2.38. The Labute approximate surface area is 169 Å². The van der Waals surface area contributed by atoms with Crippen molar-refractivity contribution in [2.45, 2.75) is 0 Å². The zero-order chi connectivity index (χ0) is 21.8. The minimum atomic E-state index is -1.01. The first-order chi connectivity index (χ1) is 14.3. The van der Waals surface area contributed by atoms with E-state index in [4.69, 9.17) is 14.2 Å². The van der Waals surface area contributed by atoms with Crippen molar-refractivity contribution in [2.75, 3.05) is 18.7 Å². The number of nitrogens with one attached hydrogen (secondary N) is 1. The van der Waals surface area contributed by atoms with E-state index >= 15 is 0 Å². The van der Waals surface area contributed by atoms with Crippen LogP contribution in [0.1, 0.15) is 5.56 Å². The molecule has 3 rings (SSSR count). The lowest BCUT2D eigenvalue weighted by molar-refractivity contribution is -0.142. The van der Waals surface area contributed by atoms with Gasteiger partial charge < -0.3 is 19.5 Å². The monoisotopic (exact) mass is 412 g/mol. The average Bonchev–Trinajstić information content (AvgIpc) is 3.20. The summed E-state index contributed by atoms with van der Waals surface area (Å²) in [5.41, 5.74) is -1.06. The molecule has 2 aromatic rings. The molecule has 2 heterocycles. The maximum Gasteiger partial charge on any atom is 0.349 e. The van der Waals surface area contributed by atoms with E-state index in [-0.39, 0.29) is 18.2 Å².